The van der Waals surface area contributed by atoms with Crippen LogP contribution in [0.15, 0.2) is 30.6 Å². The fourth-order valence-electron chi connectivity index (χ4n) is 3.31. The lowest BCUT2D eigenvalue weighted by Crippen LogP contribution is -2.26. The van der Waals surface area contributed by atoms with Crippen molar-refractivity contribution in [2.75, 3.05) is 6.54 Å². The maximum atomic E-state index is 13.0. The van der Waals surface area contributed by atoms with Gasteiger partial charge in [-0.2, -0.15) is 18.3 Å². The van der Waals surface area contributed by atoms with E-state index in [0.29, 0.717) is 25.1 Å². The largest absolute Gasteiger partial charge is 0.416 e. The molecular weight excluding hydrogens is 333 g/mol. The van der Waals surface area contributed by atoms with Gasteiger partial charge in [-0.3, -0.25) is 4.90 Å². The van der Waals surface area contributed by atoms with Crippen LogP contribution in [0.2, 0.25) is 0 Å². The van der Waals surface area contributed by atoms with Gasteiger partial charge in [-0.15, -0.1) is 0 Å². The van der Waals surface area contributed by atoms with Crippen LogP contribution in [-0.2, 0) is 19.3 Å². The Labute approximate surface area is 144 Å². The third-order valence-electron chi connectivity index (χ3n) is 4.46. The second kappa shape index (κ2) is 7.13. The van der Waals surface area contributed by atoms with E-state index < -0.39 is 17.8 Å². The summed E-state index contributed by atoms with van der Waals surface area (Å²) in [4.78, 5) is 6.23. The van der Waals surface area contributed by atoms with Crippen LogP contribution < -0.4 is 0 Å². The Morgan fingerprint density at radius 1 is 1.32 bits per heavy atom. The smallest absolute Gasteiger partial charge is 0.392 e. The second-order valence-corrected chi connectivity index (χ2v) is 6.36. The van der Waals surface area contributed by atoms with Gasteiger partial charge in [0.05, 0.1) is 18.2 Å². The zero-order valence-electron chi connectivity index (χ0n) is 13.9. The molecule has 1 fully saturated rings. The van der Waals surface area contributed by atoms with Crippen molar-refractivity contribution in [3.8, 4) is 0 Å². The van der Waals surface area contributed by atoms with Crippen molar-refractivity contribution in [3.05, 3.63) is 47.5 Å². The van der Waals surface area contributed by atoms with Crippen molar-refractivity contribution in [1.82, 2.24) is 19.7 Å². The van der Waals surface area contributed by atoms with Crippen molar-refractivity contribution in [2.24, 2.45) is 0 Å². The average Bonchev–Trinajstić information content (AvgIpc) is 3.14. The number of aliphatic hydroxyl groups excluding tert-OH is 1. The van der Waals surface area contributed by atoms with Crippen LogP contribution >= 0.6 is 0 Å². The molecule has 8 heteroatoms. The van der Waals surface area contributed by atoms with E-state index in [1.165, 1.54) is 18.5 Å². The van der Waals surface area contributed by atoms with Crippen molar-refractivity contribution >= 4 is 0 Å². The maximum absolute atomic E-state index is 13.0. The molecule has 1 saturated heterocycles. The van der Waals surface area contributed by atoms with Crippen molar-refractivity contribution in [3.63, 3.8) is 0 Å². The molecule has 5 nitrogen and oxygen atoms in total. The first-order valence-corrected chi connectivity index (χ1v) is 8.34. The highest BCUT2D eigenvalue weighted by atomic mass is 19.4. The van der Waals surface area contributed by atoms with E-state index in [4.69, 9.17) is 0 Å². The molecule has 0 aliphatic carbocycles. The molecule has 1 N–H and O–H groups in total. The molecule has 3 rings (SSSR count). The van der Waals surface area contributed by atoms with E-state index in [0.717, 1.165) is 24.9 Å². The van der Waals surface area contributed by atoms with Crippen LogP contribution in [-0.4, -0.2) is 37.4 Å². The summed E-state index contributed by atoms with van der Waals surface area (Å²) < 4.78 is 40.8. The lowest BCUT2D eigenvalue weighted by Gasteiger charge is -2.24. The molecule has 1 aliphatic heterocycles. The molecule has 1 aromatic carbocycles. The SMILES string of the molecule is CCCn1ncnc1CN1C[C@H](O)C[C@H]1c1cccc(C(F)(F)F)c1. The molecule has 2 aromatic rings. The molecule has 1 aromatic heterocycles. The van der Waals surface area contributed by atoms with Crippen LogP contribution in [0.5, 0.6) is 0 Å². The molecule has 0 saturated carbocycles. The van der Waals surface area contributed by atoms with Gasteiger partial charge in [0.2, 0.25) is 0 Å². The monoisotopic (exact) mass is 354 g/mol. The van der Waals surface area contributed by atoms with Crippen LogP contribution in [0.1, 0.15) is 42.8 Å². The normalized spacial score (nSPS) is 21.8. The lowest BCUT2D eigenvalue weighted by atomic mass is 10.0. The highest BCUT2D eigenvalue weighted by molar-refractivity contribution is 5.29. The second-order valence-electron chi connectivity index (χ2n) is 6.36. The Morgan fingerprint density at radius 2 is 2.12 bits per heavy atom. The van der Waals surface area contributed by atoms with E-state index in [9.17, 15) is 18.3 Å². The van der Waals surface area contributed by atoms with Gasteiger partial charge in [-0.1, -0.05) is 19.1 Å². The Kier molecular flexibility index (Phi) is 5.10. The van der Waals surface area contributed by atoms with Gasteiger partial charge in [-0.25, -0.2) is 9.67 Å². The van der Waals surface area contributed by atoms with Gasteiger partial charge in [0, 0.05) is 19.1 Å². The first-order chi connectivity index (χ1) is 11.9. The Hall–Kier alpha value is -1.93. The van der Waals surface area contributed by atoms with E-state index in [1.807, 2.05) is 11.8 Å². The molecule has 1 aliphatic rings. The summed E-state index contributed by atoms with van der Waals surface area (Å²) in [5.74, 6) is 0.757. The number of benzene rings is 1. The first-order valence-electron chi connectivity index (χ1n) is 8.34. The Balaban J connectivity index is 1.84. The summed E-state index contributed by atoms with van der Waals surface area (Å²) in [6.45, 7) is 3.62. The number of aliphatic hydroxyl groups is 1. The molecule has 0 bridgehead atoms. The Morgan fingerprint density at radius 3 is 2.84 bits per heavy atom. The van der Waals surface area contributed by atoms with Crippen LogP contribution in [0.3, 0.4) is 0 Å². The van der Waals surface area contributed by atoms with Gasteiger partial charge in [0.25, 0.3) is 0 Å². The molecule has 25 heavy (non-hydrogen) atoms. The summed E-state index contributed by atoms with van der Waals surface area (Å²) >= 11 is 0. The number of β-amino-alcohol motifs (C(OH)–C–C–N with tert-alkyl or cyclic N) is 1. The Bertz CT molecular complexity index is 716. The average molecular weight is 354 g/mol. The minimum atomic E-state index is -4.38. The highest BCUT2D eigenvalue weighted by Gasteiger charge is 2.35. The van der Waals surface area contributed by atoms with Gasteiger partial charge >= 0.3 is 6.18 Å². The number of halogens is 3. The van der Waals surface area contributed by atoms with Crippen molar-refractivity contribution in [1.29, 1.82) is 0 Å². The first kappa shape index (κ1) is 17.9. The van der Waals surface area contributed by atoms with Gasteiger partial charge in [-0.05, 0) is 30.5 Å². The molecule has 0 unspecified atom stereocenters. The quantitative estimate of drug-likeness (QED) is 0.897. The number of likely N-dealkylation sites (tertiary alicyclic amines) is 1. The summed E-state index contributed by atoms with van der Waals surface area (Å²) in [7, 11) is 0. The summed E-state index contributed by atoms with van der Waals surface area (Å²) in [6, 6.07) is 5.07. The molecule has 136 valence electrons. The van der Waals surface area contributed by atoms with Crippen molar-refractivity contribution in [2.45, 2.75) is 51.2 Å². The fraction of sp³-hybridized carbons (Fsp3) is 0.529. The van der Waals surface area contributed by atoms with E-state index >= 15 is 0 Å². The lowest BCUT2D eigenvalue weighted by molar-refractivity contribution is -0.137. The topological polar surface area (TPSA) is 54.2 Å². The number of alkyl halides is 3. The van der Waals surface area contributed by atoms with Gasteiger partial charge < -0.3 is 5.11 Å². The third kappa shape index (κ3) is 4.01. The molecule has 0 spiro atoms. The maximum Gasteiger partial charge on any atom is 0.416 e. The predicted molar refractivity (Wildman–Crippen MR) is 85.5 cm³/mol. The standard InChI is InChI=1S/C17H21F3N4O/c1-2-6-24-16(21-11-22-24)10-23-9-14(25)8-15(23)12-4-3-5-13(7-12)17(18,19)20/h3-5,7,11,14-15,25H,2,6,8-10H2,1H3/t14-,15+/m1/s1. The van der Waals surface area contributed by atoms with Crippen molar-refractivity contribution < 1.29 is 18.3 Å². The summed E-state index contributed by atoms with van der Waals surface area (Å²) in [5, 5.41) is 14.2. The summed E-state index contributed by atoms with van der Waals surface area (Å²) in [5.41, 5.74) is -0.103. The highest BCUT2D eigenvalue weighted by Crippen LogP contribution is 2.36. The fourth-order valence-corrected chi connectivity index (χ4v) is 3.31. The number of nitrogens with zero attached hydrogens (tertiary/aromatic N) is 4. The predicted octanol–water partition coefficient (Wildman–Crippen LogP) is 3.01. The van der Waals surface area contributed by atoms with Crippen LogP contribution in [0, 0.1) is 0 Å². The summed E-state index contributed by atoms with van der Waals surface area (Å²) in [6.07, 6.45) is -2.14. The van der Waals surface area contributed by atoms with E-state index in [-0.39, 0.29) is 6.04 Å². The van der Waals surface area contributed by atoms with E-state index in [1.54, 1.807) is 10.7 Å². The molecule has 0 radical (unpaired) electrons. The number of rotatable bonds is 5. The minimum absolute atomic E-state index is 0.274. The molecule has 2 atom stereocenters. The third-order valence-corrected chi connectivity index (χ3v) is 4.46. The number of aryl methyl sites for hydroxylation is 1. The number of aromatic nitrogens is 3. The van der Waals surface area contributed by atoms with Gasteiger partial charge in [0.1, 0.15) is 12.2 Å². The van der Waals surface area contributed by atoms with Crippen LogP contribution in [0.4, 0.5) is 13.2 Å². The zero-order chi connectivity index (χ0) is 18.0. The number of hydrogen-bond acceptors (Lipinski definition) is 4. The van der Waals surface area contributed by atoms with Gasteiger partial charge in [0.15, 0.2) is 0 Å². The van der Waals surface area contributed by atoms with Crippen LogP contribution in [0.25, 0.3) is 0 Å². The van der Waals surface area contributed by atoms with E-state index in [2.05, 4.69) is 10.1 Å². The minimum Gasteiger partial charge on any atom is -0.392 e. The number of hydrogen-bond donors (Lipinski definition) is 1. The molecule has 0 amide bonds. The molecular formula is C17H21F3N4O. The molecule has 2 heterocycles. The zero-order valence-corrected chi connectivity index (χ0v) is 13.9.